The molecule has 6 aromatic heterocycles. The molecule has 16 heteroatoms. The Morgan fingerprint density at radius 1 is 1.19 bits per heavy atom. The number of ether oxygens (including phenoxy) is 1. The van der Waals surface area contributed by atoms with Crippen LogP contribution in [0.15, 0.2) is 36.0 Å². The summed E-state index contributed by atoms with van der Waals surface area (Å²) in [4.78, 5) is 39.5. The highest BCUT2D eigenvalue weighted by Gasteiger charge is 2.34. The van der Waals surface area contributed by atoms with Gasteiger partial charge in [0.15, 0.2) is 17.0 Å². The first-order chi connectivity index (χ1) is 22.8. The van der Waals surface area contributed by atoms with Gasteiger partial charge in [0.25, 0.3) is 5.91 Å². The van der Waals surface area contributed by atoms with E-state index in [1.165, 1.54) is 30.3 Å². The van der Waals surface area contributed by atoms with E-state index in [1.807, 2.05) is 30.5 Å². The number of carbonyl (C=O) groups is 2. The van der Waals surface area contributed by atoms with Gasteiger partial charge in [-0.1, -0.05) is 12.2 Å². The zero-order valence-corrected chi connectivity index (χ0v) is 28.7. The first kappa shape index (κ1) is 30.5. The second-order valence-corrected chi connectivity index (χ2v) is 15.5. The Morgan fingerprint density at radius 3 is 2.94 bits per heavy atom. The number of hydrogen-bond acceptors (Lipinski definition) is 11. The Kier molecular flexibility index (Phi) is 7.99. The SMILES string of the molecule is Cc1cc2ncc(-c3nc4c(s3)c(C(N)=O)nn4CC(=O)N3CCCOC[C@@H]3C(=S)NC3CCC(c4cc5sccc5s4)C3)cn2n1. The van der Waals surface area contributed by atoms with Gasteiger partial charge in [0, 0.05) is 57.5 Å². The van der Waals surface area contributed by atoms with E-state index in [-0.39, 0.29) is 24.2 Å². The fourth-order valence-electron chi connectivity index (χ4n) is 6.52. The number of thiocarbonyl (C=S) groups is 1. The van der Waals surface area contributed by atoms with Crippen molar-refractivity contribution in [3.8, 4) is 10.6 Å². The highest BCUT2D eigenvalue weighted by molar-refractivity contribution is 7.80. The van der Waals surface area contributed by atoms with Crippen LogP contribution < -0.4 is 11.1 Å². The van der Waals surface area contributed by atoms with E-state index in [9.17, 15) is 9.59 Å². The number of rotatable bonds is 7. The molecule has 6 aromatic rings. The van der Waals surface area contributed by atoms with Crippen LogP contribution in [-0.2, 0) is 16.1 Å². The van der Waals surface area contributed by atoms with Crippen LogP contribution in [0.4, 0.5) is 0 Å². The summed E-state index contributed by atoms with van der Waals surface area (Å²) in [5, 5.41) is 15.2. The maximum absolute atomic E-state index is 14.0. The van der Waals surface area contributed by atoms with Crippen molar-refractivity contribution in [2.24, 2.45) is 5.73 Å². The smallest absolute Gasteiger partial charge is 0.270 e. The van der Waals surface area contributed by atoms with Gasteiger partial charge in [-0.15, -0.1) is 34.0 Å². The summed E-state index contributed by atoms with van der Waals surface area (Å²) in [5.74, 6) is -0.358. The summed E-state index contributed by atoms with van der Waals surface area (Å²) >= 11 is 10.9. The molecule has 1 aliphatic heterocycles. The molecule has 7 heterocycles. The van der Waals surface area contributed by atoms with E-state index in [0.29, 0.717) is 52.4 Å². The summed E-state index contributed by atoms with van der Waals surface area (Å²) in [7, 11) is 0. The monoisotopic (exact) mass is 705 g/mol. The lowest BCUT2D eigenvalue weighted by Gasteiger charge is -2.31. The normalized spacial score (nSPS) is 20.4. The Labute approximate surface area is 286 Å². The standard InChI is InChI=1S/C31H31N9O3S4/c1-16-9-24-33-12-18(13-39(24)36-16)31-35-29-27(47-31)26(28(32)42)37-40(29)14-25(41)38-6-2-7-43-15-20(38)30(44)34-19-4-3-17(10-19)22-11-23-21(46-22)5-8-45-23/h5,8-9,11-13,17,19-20H,2-4,6-7,10,14-15H2,1H3,(H2,32,42)(H,34,44)/t17?,19?,20-/m1/s1. The average Bonchev–Trinajstić information content (AvgIpc) is 3.87. The molecule has 1 saturated heterocycles. The van der Waals surface area contributed by atoms with Gasteiger partial charge < -0.3 is 20.7 Å². The molecule has 1 saturated carbocycles. The van der Waals surface area contributed by atoms with Crippen LogP contribution in [0.3, 0.4) is 0 Å². The maximum atomic E-state index is 14.0. The number of amides is 2. The fourth-order valence-corrected chi connectivity index (χ4v) is 10.2. The van der Waals surface area contributed by atoms with Crippen LogP contribution >= 0.6 is 46.2 Å². The highest BCUT2D eigenvalue weighted by atomic mass is 32.1. The summed E-state index contributed by atoms with van der Waals surface area (Å²) in [5.41, 5.74) is 8.51. The summed E-state index contributed by atoms with van der Waals surface area (Å²) in [6.07, 6.45) is 7.38. The summed E-state index contributed by atoms with van der Waals surface area (Å²) < 4.78 is 12.3. The molecule has 0 radical (unpaired) electrons. The van der Waals surface area contributed by atoms with Crippen molar-refractivity contribution in [3.05, 3.63) is 52.2 Å². The van der Waals surface area contributed by atoms with Gasteiger partial charge in [-0.25, -0.2) is 19.2 Å². The van der Waals surface area contributed by atoms with Crippen LogP contribution in [0.25, 0.3) is 36.0 Å². The van der Waals surface area contributed by atoms with Crippen LogP contribution in [0.5, 0.6) is 0 Å². The molecule has 0 aromatic carbocycles. The minimum absolute atomic E-state index is 0.0785. The van der Waals surface area contributed by atoms with Gasteiger partial charge in [0.1, 0.15) is 27.3 Å². The number of nitrogens with one attached hydrogen (secondary N) is 1. The lowest BCUT2D eigenvalue weighted by Crippen LogP contribution is -2.53. The van der Waals surface area contributed by atoms with Gasteiger partial charge in [-0.3, -0.25) is 9.59 Å². The van der Waals surface area contributed by atoms with Crippen molar-refractivity contribution >= 4 is 88.4 Å². The Morgan fingerprint density at radius 2 is 2.09 bits per heavy atom. The van der Waals surface area contributed by atoms with Crippen LogP contribution in [0.2, 0.25) is 0 Å². The minimum atomic E-state index is -0.684. The average molecular weight is 706 g/mol. The third-order valence-electron chi connectivity index (χ3n) is 8.79. The quantitative estimate of drug-likeness (QED) is 0.225. The lowest BCUT2D eigenvalue weighted by molar-refractivity contribution is -0.133. The van der Waals surface area contributed by atoms with Crippen LogP contribution in [0.1, 0.15) is 52.7 Å². The predicted octanol–water partition coefficient (Wildman–Crippen LogP) is 4.76. The Bertz CT molecular complexity index is 2130. The molecule has 2 aliphatic rings. The van der Waals surface area contributed by atoms with E-state index >= 15 is 0 Å². The van der Waals surface area contributed by atoms with Crippen molar-refractivity contribution < 1.29 is 14.3 Å². The summed E-state index contributed by atoms with van der Waals surface area (Å²) in [6.45, 7) is 3.14. The number of aromatic nitrogens is 6. The molecule has 8 rings (SSSR count). The first-order valence-electron chi connectivity index (χ1n) is 15.4. The highest BCUT2D eigenvalue weighted by Crippen LogP contribution is 2.41. The van der Waals surface area contributed by atoms with Crippen molar-refractivity contribution in [1.29, 1.82) is 0 Å². The molecule has 2 unspecified atom stereocenters. The van der Waals surface area contributed by atoms with E-state index in [0.717, 1.165) is 36.2 Å². The largest absolute Gasteiger partial charge is 0.379 e. The van der Waals surface area contributed by atoms with Crippen molar-refractivity contribution in [2.45, 2.75) is 57.2 Å². The third kappa shape index (κ3) is 5.82. The van der Waals surface area contributed by atoms with Crippen molar-refractivity contribution in [1.82, 2.24) is 39.6 Å². The molecule has 47 heavy (non-hydrogen) atoms. The number of hydrogen-bond donors (Lipinski definition) is 2. The molecule has 1 aliphatic carbocycles. The van der Waals surface area contributed by atoms with Crippen molar-refractivity contribution in [3.63, 3.8) is 0 Å². The van der Waals surface area contributed by atoms with Gasteiger partial charge in [-0.2, -0.15) is 10.2 Å². The van der Waals surface area contributed by atoms with Crippen LogP contribution in [0, 0.1) is 6.92 Å². The molecule has 3 N–H and O–H groups in total. The molecular formula is C31H31N9O3S4. The number of thiophene rings is 2. The molecule has 2 fully saturated rings. The number of nitrogens with zero attached hydrogens (tertiary/aromatic N) is 7. The number of aryl methyl sites for hydroxylation is 1. The van der Waals surface area contributed by atoms with Gasteiger partial charge in [0.05, 0.1) is 12.3 Å². The number of nitrogens with two attached hydrogens (primary N) is 1. The Hall–Kier alpha value is -3.83. The molecule has 0 spiro atoms. The van der Waals surface area contributed by atoms with E-state index in [1.54, 1.807) is 26.9 Å². The fraction of sp³-hybridized carbons (Fsp3) is 0.387. The molecule has 0 bridgehead atoms. The lowest BCUT2D eigenvalue weighted by atomic mass is 10.1. The second-order valence-electron chi connectivity index (χ2n) is 12.0. The molecule has 242 valence electrons. The topological polar surface area (TPSA) is 146 Å². The van der Waals surface area contributed by atoms with Crippen molar-refractivity contribution in [2.75, 3.05) is 19.8 Å². The molecule has 3 atom stereocenters. The first-order valence-corrected chi connectivity index (χ1v) is 18.4. The zero-order valence-electron chi connectivity index (χ0n) is 25.4. The number of carbonyl (C=O) groups excluding carboxylic acids is 2. The predicted molar refractivity (Wildman–Crippen MR) is 187 cm³/mol. The molecule has 12 nitrogen and oxygen atoms in total. The molecule has 2 amide bonds. The van der Waals surface area contributed by atoms with Gasteiger partial charge >= 0.3 is 0 Å². The van der Waals surface area contributed by atoms with Gasteiger partial charge in [-0.05, 0) is 56.0 Å². The third-order valence-corrected chi connectivity index (χ3v) is 12.5. The number of thiazole rings is 1. The second kappa shape index (κ2) is 12.3. The van der Waals surface area contributed by atoms with E-state index < -0.39 is 11.9 Å². The maximum Gasteiger partial charge on any atom is 0.270 e. The van der Waals surface area contributed by atoms with Gasteiger partial charge in [0.2, 0.25) is 5.91 Å². The molecular weight excluding hydrogens is 675 g/mol. The summed E-state index contributed by atoms with van der Waals surface area (Å²) in [6, 6.07) is 6.25. The minimum Gasteiger partial charge on any atom is -0.379 e. The number of primary amides is 1. The zero-order chi connectivity index (χ0) is 32.2. The Balaban J connectivity index is 1.01. The van der Waals surface area contributed by atoms with Crippen LogP contribution in [-0.4, -0.2) is 82.9 Å². The van der Waals surface area contributed by atoms with E-state index in [4.69, 9.17) is 27.7 Å². The van der Waals surface area contributed by atoms with E-state index in [2.05, 4.69) is 38.0 Å². The number of fused-ring (bicyclic) bond motifs is 3.